The van der Waals surface area contributed by atoms with Crippen LogP contribution in [0.5, 0.6) is 0 Å². The summed E-state index contributed by atoms with van der Waals surface area (Å²) in [5, 5.41) is 1.17. The van der Waals surface area contributed by atoms with Crippen LogP contribution in [0.2, 0.25) is 5.02 Å². The maximum absolute atomic E-state index is 13.6. The lowest BCUT2D eigenvalue weighted by Crippen LogP contribution is -2.30. The maximum Gasteiger partial charge on any atom is 0.290 e. The van der Waals surface area contributed by atoms with Gasteiger partial charge in [-0.25, -0.2) is 0 Å². The van der Waals surface area contributed by atoms with Gasteiger partial charge in [-0.05, 0) is 55.2 Å². The standard InChI is InChI=1S/C24H24ClNO3/c1-4-5-6-11-26-21(16-7-9-17(25)10-8-16)20-22(27)19-15(3)12-14(2)13-18(19)29-23(20)24(26)28/h7-10,12-13,21H,4-6,11H2,1-3H3. The van der Waals surface area contributed by atoms with Crippen molar-refractivity contribution in [3.05, 3.63) is 79.7 Å². The van der Waals surface area contributed by atoms with Crippen molar-refractivity contribution in [1.29, 1.82) is 0 Å². The number of rotatable bonds is 5. The number of carbonyl (C=O) groups is 1. The first-order valence-electron chi connectivity index (χ1n) is 10.1. The highest BCUT2D eigenvalue weighted by Gasteiger charge is 2.42. The van der Waals surface area contributed by atoms with Gasteiger partial charge in [-0.2, -0.15) is 0 Å². The number of aryl methyl sites for hydroxylation is 2. The van der Waals surface area contributed by atoms with E-state index in [9.17, 15) is 9.59 Å². The van der Waals surface area contributed by atoms with Crippen molar-refractivity contribution in [2.24, 2.45) is 0 Å². The number of nitrogens with zero attached hydrogens (tertiary/aromatic N) is 1. The summed E-state index contributed by atoms with van der Waals surface area (Å²) >= 11 is 6.07. The zero-order valence-electron chi connectivity index (χ0n) is 16.9. The van der Waals surface area contributed by atoms with Crippen LogP contribution in [0.15, 0.2) is 45.6 Å². The first-order chi connectivity index (χ1) is 13.9. The van der Waals surface area contributed by atoms with Crippen molar-refractivity contribution < 1.29 is 9.21 Å². The van der Waals surface area contributed by atoms with Crippen LogP contribution in [0.3, 0.4) is 0 Å². The summed E-state index contributed by atoms with van der Waals surface area (Å²) in [6, 6.07) is 10.7. The zero-order valence-corrected chi connectivity index (χ0v) is 17.7. The molecule has 1 unspecified atom stereocenters. The normalized spacial score (nSPS) is 15.9. The second kappa shape index (κ2) is 7.68. The summed E-state index contributed by atoms with van der Waals surface area (Å²) in [5.41, 5.74) is 3.53. The molecule has 1 aliphatic heterocycles. The number of carbonyl (C=O) groups excluding carboxylic acids is 1. The molecule has 1 aliphatic rings. The third kappa shape index (κ3) is 3.36. The second-order valence-electron chi connectivity index (χ2n) is 7.79. The minimum Gasteiger partial charge on any atom is -0.450 e. The van der Waals surface area contributed by atoms with E-state index < -0.39 is 6.04 Å². The Morgan fingerprint density at radius 3 is 2.48 bits per heavy atom. The largest absolute Gasteiger partial charge is 0.450 e. The van der Waals surface area contributed by atoms with Gasteiger partial charge >= 0.3 is 0 Å². The van der Waals surface area contributed by atoms with Gasteiger partial charge in [0.15, 0.2) is 5.43 Å². The molecule has 150 valence electrons. The molecule has 29 heavy (non-hydrogen) atoms. The number of hydrogen-bond acceptors (Lipinski definition) is 3. The van der Waals surface area contributed by atoms with E-state index in [1.807, 2.05) is 38.1 Å². The van der Waals surface area contributed by atoms with Crippen molar-refractivity contribution >= 4 is 28.5 Å². The van der Waals surface area contributed by atoms with Gasteiger partial charge in [0.25, 0.3) is 5.91 Å². The molecule has 2 aromatic carbocycles. The van der Waals surface area contributed by atoms with E-state index in [1.165, 1.54) is 0 Å². The number of fused-ring (bicyclic) bond motifs is 2. The van der Waals surface area contributed by atoms with Gasteiger partial charge < -0.3 is 9.32 Å². The molecule has 4 rings (SSSR count). The fourth-order valence-corrected chi connectivity index (χ4v) is 4.39. The average molecular weight is 410 g/mol. The zero-order chi connectivity index (χ0) is 20.7. The molecule has 1 aromatic heterocycles. The first-order valence-corrected chi connectivity index (χ1v) is 10.4. The average Bonchev–Trinajstić information content (AvgIpc) is 2.95. The van der Waals surface area contributed by atoms with Gasteiger partial charge in [-0.15, -0.1) is 0 Å². The van der Waals surface area contributed by atoms with Crippen LogP contribution in [-0.2, 0) is 0 Å². The molecule has 1 atom stereocenters. The molecule has 0 fully saturated rings. The van der Waals surface area contributed by atoms with Gasteiger partial charge in [0, 0.05) is 11.6 Å². The summed E-state index contributed by atoms with van der Waals surface area (Å²) in [5.74, 6) is -0.0434. The molecule has 4 nitrogen and oxygen atoms in total. The molecule has 0 radical (unpaired) electrons. The third-order valence-corrected chi connectivity index (χ3v) is 5.85. The van der Waals surface area contributed by atoms with Gasteiger partial charge in [-0.1, -0.05) is 49.6 Å². The summed E-state index contributed by atoms with van der Waals surface area (Å²) in [6.07, 6.45) is 2.96. The number of amides is 1. The van der Waals surface area contributed by atoms with Gasteiger partial charge in [-0.3, -0.25) is 9.59 Å². The maximum atomic E-state index is 13.6. The van der Waals surface area contributed by atoms with Gasteiger partial charge in [0.2, 0.25) is 5.76 Å². The van der Waals surface area contributed by atoms with Gasteiger partial charge in [0.1, 0.15) is 5.58 Å². The Bertz CT molecular complexity index is 1150. The van der Waals surface area contributed by atoms with E-state index in [0.29, 0.717) is 28.1 Å². The van der Waals surface area contributed by atoms with E-state index in [-0.39, 0.29) is 17.1 Å². The monoisotopic (exact) mass is 409 g/mol. The fraction of sp³-hybridized carbons (Fsp3) is 0.333. The molecular weight excluding hydrogens is 386 g/mol. The van der Waals surface area contributed by atoms with E-state index in [2.05, 4.69) is 6.92 Å². The van der Waals surface area contributed by atoms with Crippen LogP contribution in [0.4, 0.5) is 0 Å². The molecular formula is C24H24ClNO3. The van der Waals surface area contributed by atoms with Crippen molar-refractivity contribution in [3.63, 3.8) is 0 Å². The smallest absolute Gasteiger partial charge is 0.290 e. The Kier molecular flexibility index (Phi) is 5.22. The molecule has 3 aromatic rings. The van der Waals surface area contributed by atoms with Crippen LogP contribution in [-0.4, -0.2) is 17.4 Å². The topological polar surface area (TPSA) is 50.5 Å². The minimum atomic E-state index is -0.451. The fourth-order valence-electron chi connectivity index (χ4n) is 4.27. The number of benzene rings is 2. The highest BCUT2D eigenvalue weighted by atomic mass is 35.5. The molecule has 0 N–H and O–H groups in total. The van der Waals surface area contributed by atoms with E-state index in [4.69, 9.17) is 16.0 Å². The van der Waals surface area contributed by atoms with Crippen LogP contribution in [0, 0.1) is 13.8 Å². The summed E-state index contributed by atoms with van der Waals surface area (Å²) in [4.78, 5) is 28.6. The van der Waals surface area contributed by atoms with E-state index >= 15 is 0 Å². The van der Waals surface area contributed by atoms with Crippen LogP contribution < -0.4 is 5.43 Å². The third-order valence-electron chi connectivity index (χ3n) is 5.60. The van der Waals surface area contributed by atoms with Crippen molar-refractivity contribution in [3.8, 4) is 0 Å². The Labute approximate surface area is 175 Å². The van der Waals surface area contributed by atoms with Crippen molar-refractivity contribution in [2.75, 3.05) is 6.54 Å². The van der Waals surface area contributed by atoms with Crippen molar-refractivity contribution in [2.45, 2.75) is 46.1 Å². The SMILES string of the molecule is CCCCCN1C(=O)c2oc3cc(C)cc(C)c3c(=O)c2C1c1ccc(Cl)cc1. The number of unbranched alkanes of at least 4 members (excludes halogenated alkanes) is 2. The first kappa shape index (κ1) is 19.7. The lowest BCUT2D eigenvalue weighted by molar-refractivity contribution is 0.0724. The predicted molar refractivity (Wildman–Crippen MR) is 116 cm³/mol. The number of hydrogen-bond donors (Lipinski definition) is 0. The Morgan fingerprint density at radius 1 is 1.07 bits per heavy atom. The molecule has 0 saturated heterocycles. The van der Waals surface area contributed by atoms with Crippen LogP contribution in [0.1, 0.15) is 65.0 Å². The highest BCUT2D eigenvalue weighted by Crippen LogP contribution is 2.39. The molecule has 0 spiro atoms. The molecule has 2 heterocycles. The lowest BCUT2D eigenvalue weighted by atomic mass is 9.97. The van der Waals surface area contributed by atoms with Crippen LogP contribution in [0.25, 0.3) is 11.0 Å². The number of halogens is 1. The highest BCUT2D eigenvalue weighted by molar-refractivity contribution is 6.30. The van der Waals surface area contributed by atoms with E-state index in [0.717, 1.165) is 36.0 Å². The van der Waals surface area contributed by atoms with E-state index in [1.54, 1.807) is 17.0 Å². The predicted octanol–water partition coefficient (Wildman–Crippen LogP) is 5.80. The molecule has 0 bridgehead atoms. The van der Waals surface area contributed by atoms with Crippen molar-refractivity contribution in [1.82, 2.24) is 4.90 Å². The quantitative estimate of drug-likeness (QED) is 0.500. The summed E-state index contributed by atoms with van der Waals surface area (Å²) in [7, 11) is 0. The minimum absolute atomic E-state index is 0.120. The summed E-state index contributed by atoms with van der Waals surface area (Å²) < 4.78 is 6.05. The molecule has 5 heteroatoms. The molecule has 1 amide bonds. The molecule has 0 aliphatic carbocycles. The summed E-state index contributed by atoms with van der Waals surface area (Å²) in [6.45, 7) is 6.57. The Balaban J connectivity index is 1.95. The second-order valence-corrected chi connectivity index (χ2v) is 8.23. The lowest BCUT2D eigenvalue weighted by Gasteiger charge is -2.25. The van der Waals surface area contributed by atoms with Crippen LogP contribution >= 0.6 is 11.6 Å². The Hall–Kier alpha value is -2.59. The molecule has 0 saturated carbocycles. The van der Waals surface area contributed by atoms with Gasteiger partial charge in [0.05, 0.1) is 17.0 Å². The Morgan fingerprint density at radius 2 is 1.79 bits per heavy atom.